The minimum Gasteiger partial charge on any atom is -0.396 e. The number of hydrogen-bond acceptors (Lipinski definition) is 5. The highest BCUT2D eigenvalue weighted by Crippen LogP contribution is 2.22. The van der Waals surface area contributed by atoms with Crippen molar-refractivity contribution in [1.82, 2.24) is 19.8 Å². The van der Waals surface area contributed by atoms with Crippen molar-refractivity contribution in [2.45, 2.75) is 33.6 Å². The first kappa shape index (κ1) is 13.7. The van der Waals surface area contributed by atoms with Crippen molar-refractivity contribution in [2.24, 2.45) is 5.41 Å². The number of nitrogens with zero attached hydrogens (tertiary/aromatic N) is 4. The molecule has 0 fully saturated rings. The minimum atomic E-state index is -0.182. The molecule has 2 aromatic rings. The van der Waals surface area contributed by atoms with E-state index in [1.165, 1.54) is 0 Å². The second kappa shape index (κ2) is 5.13. The van der Waals surface area contributed by atoms with Crippen LogP contribution in [0.5, 0.6) is 0 Å². The van der Waals surface area contributed by atoms with Gasteiger partial charge in [0, 0.05) is 18.6 Å². The first-order valence-corrected chi connectivity index (χ1v) is 6.48. The summed E-state index contributed by atoms with van der Waals surface area (Å²) >= 11 is 0. The molecule has 6 heteroatoms. The molecule has 2 heterocycles. The molecule has 0 amide bonds. The zero-order valence-electron chi connectivity index (χ0n) is 11.9. The van der Waals surface area contributed by atoms with Crippen molar-refractivity contribution >= 4 is 11.3 Å². The monoisotopic (exact) mass is 263 g/mol. The summed E-state index contributed by atoms with van der Waals surface area (Å²) in [5.74, 6) is 0.332. The van der Waals surface area contributed by atoms with Crippen molar-refractivity contribution in [2.75, 3.05) is 18.5 Å². The van der Waals surface area contributed by atoms with Gasteiger partial charge in [0.05, 0.1) is 11.4 Å². The molecule has 0 saturated carbocycles. The van der Waals surface area contributed by atoms with E-state index >= 15 is 0 Å². The summed E-state index contributed by atoms with van der Waals surface area (Å²) in [6.45, 7) is 9.00. The fraction of sp³-hybridized carbons (Fsp3) is 0.615. The third-order valence-corrected chi connectivity index (χ3v) is 3.06. The Hall–Kier alpha value is -1.69. The second-order valence-electron chi connectivity index (χ2n) is 5.91. The molecular formula is C13H21N5O. The molecule has 2 aromatic heterocycles. The molecule has 0 atom stereocenters. The Morgan fingerprint density at radius 3 is 2.79 bits per heavy atom. The maximum Gasteiger partial charge on any atom is 0.200 e. The second-order valence-corrected chi connectivity index (χ2v) is 5.91. The van der Waals surface area contributed by atoms with Gasteiger partial charge in [-0.25, -0.2) is 0 Å². The Kier molecular flexibility index (Phi) is 3.71. The highest BCUT2D eigenvalue weighted by atomic mass is 16.3. The van der Waals surface area contributed by atoms with Gasteiger partial charge in [0.25, 0.3) is 0 Å². The summed E-state index contributed by atoms with van der Waals surface area (Å²) in [6.07, 6.45) is 1.60. The maximum absolute atomic E-state index is 9.30. The summed E-state index contributed by atoms with van der Waals surface area (Å²) in [5.41, 5.74) is 2.41. The van der Waals surface area contributed by atoms with Crippen LogP contribution in [0.4, 0.5) is 5.69 Å². The molecule has 0 aliphatic heterocycles. The largest absolute Gasteiger partial charge is 0.396 e. The number of fused-ring (bicyclic) bond motifs is 1. The molecule has 2 rings (SSSR count). The van der Waals surface area contributed by atoms with Gasteiger partial charge in [-0.2, -0.15) is 9.61 Å². The highest BCUT2D eigenvalue weighted by Gasteiger charge is 2.18. The molecule has 0 aliphatic carbocycles. The molecule has 0 unspecified atom stereocenters. The van der Waals surface area contributed by atoms with E-state index in [0.717, 1.165) is 11.4 Å². The van der Waals surface area contributed by atoms with Crippen LogP contribution in [0.1, 0.15) is 39.3 Å². The number of anilines is 1. The van der Waals surface area contributed by atoms with Crippen molar-refractivity contribution in [3.63, 3.8) is 0 Å². The summed E-state index contributed by atoms with van der Waals surface area (Å²) in [6, 6.07) is 2.00. The van der Waals surface area contributed by atoms with Gasteiger partial charge in [-0.15, -0.1) is 10.2 Å². The van der Waals surface area contributed by atoms with E-state index in [-0.39, 0.29) is 12.0 Å². The predicted molar refractivity (Wildman–Crippen MR) is 74.2 cm³/mol. The van der Waals surface area contributed by atoms with E-state index in [2.05, 4.69) is 34.5 Å². The first-order chi connectivity index (χ1) is 8.93. The number of aromatic nitrogens is 4. The van der Waals surface area contributed by atoms with Crippen LogP contribution in [0.25, 0.3) is 5.65 Å². The van der Waals surface area contributed by atoms with E-state index < -0.39 is 0 Å². The van der Waals surface area contributed by atoms with Gasteiger partial charge < -0.3 is 10.4 Å². The lowest BCUT2D eigenvalue weighted by atomic mass is 9.95. The first-order valence-electron chi connectivity index (χ1n) is 6.48. The molecule has 0 radical (unpaired) electrons. The number of hydrogen-bond donors (Lipinski definition) is 2. The lowest BCUT2D eigenvalue weighted by Gasteiger charge is -2.22. The van der Waals surface area contributed by atoms with Gasteiger partial charge in [0.1, 0.15) is 6.33 Å². The molecule has 2 N–H and O–H groups in total. The van der Waals surface area contributed by atoms with Crippen LogP contribution < -0.4 is 5.32 Å². The quantitative estimate of drug-likeness (QED) is 0.858. The van der Waals surface area contributed by atoms with Crippen LogP contribution in [-0.4, -0.2) is 38.1 Å². The Labute approximate surface area is 112 Å². The molecule has 0 aromatic carbocycles. The van der Waals surface area contributed by atoms with Crippen molar-refractivity contribution in [1.29, 1.82) is 0 Å². The normalized spacial score (nSPS) is 12.3. The van der Waals surface area contributed by atoms with Gasteiger partial charge in [-0.3, -0.25) is 0 Å². The van der Waals surface area contributed by atoms with Crippen LogP contribution in [0, 0.1) is 5.41 Å². The third-order valence-electron chi connectivity index (χ3n) is 3.06. The van der Waals surface area contributed by atoms with E-state index in [0.29, 0.717) is 18.1 Å². The summed E-state index contributed by atoms with van der Waals surface area (Å²) in [4.78, 5) is 0. The lowest BCUT2D eigenvalue weighted by molar-refractivity contribution is 0.171. The van der Waals surface area contributed by atoms with Crippen molar-refractivity contribution in [3.05, 3.63) is 18.1 Å². The van der Waals surface area contributed by atoms with E-state index in [9.17, 15) is 5.11 Å². The summed E-state index contributed by atoms with van der Waals surface area (Å²) in [7, 11) is 0. The van der Waals surface area contributed by atoms with Crippen LogP contribution in [0.3, 0.4) is 0 Å². The van der Waals surface area contributed by atoms with Gasteiger partial charge in [-0.05, 0) is 12.0 Å². The Bertz CT molecular complexity index is 561. The van der Waals surface area contributed by atoms with E-state index in [1.807, 2.05) is 19.9 Å². The average Bonchev–Trinajstić information content (AvgIpc) is 2.84. The smallest absolute Gasteiger partial charge is 0.200 e. The fourth-order valence-electron chi connectivity index (χ4n) is 1.65. The topological polar surface area (TPSA) is 75.3 Å². The third kappa shape index (κ3) is 3.01. The molecule has 19 heavy (non-hydrogen) atoms. The lowest BCUT2D eigenvalue weighted by Crippen LogP contribution is -2.27. The fourth-order valence-corrected chi connectivity index (χ4v) is 1.65. The van der Waals surface area contributed by atoms with Gasteiger partial charge in [-0.1, -0.05) is 27.7 Å². The molecule has 0 spiro atoms. The number of rotatable bonds is 5. The van der Waals surface area contributed by atoms with Crippen LogP contribution in [0.2, 0.25) is 0 Å². The van der Waals surface area contributed by atoms with Crippen molar-refractivity contribution in [3.8, 4) is 0 Å². The molecule has 0 bridgehead atoms. The number of aliphatic hydroxyl groups is 1. The summed E-state index contributed by atoms with van der Waals surface area (Å²) < 4.78 is 1.68. The Balaban J connectivity index is 2.32. The summed E-state index contributed by atoms with van der Waals surface area (Å²) in [5, 5.41) is 25.1. The Morgan fingerprint density at radius 2 is 2.16 bits per heavy atom. The maximum atomic E-state index is 9.30. The van der Waals surface area contributed by atoms with Crippen molar-refractivity contribution < 1.29 is 5.11 Å². The zero-order chi connectivity index (χ0) is 14.0. The molecule has 0 aliphatic rings. The standard InChI is InChI=1S/C13H21N5O/c1-9(2)10-5-11(14-6-13(3,4)7-19)12-16-15-8-18(12)17-10/h5,8-9,14,19H,6-7H2,1-4H3. The van der Waals surface area contributed by atoms with Crippen LogP contribution >= 0.6 is 0 Å². The molecule has 6 nitrogen and oxygen atoms in total. The zero-order valence-corrected chi connectivity index (χ0v) is 11.9. The van der Waals surface area contributed by atoms with E-state index in [4.69, 9.17) is 0 Å². The van der Waals surface area contributed by atoms with Crippen LogP contribution in [0.15, 0.2) is 12.4 Å². The minimum absolute atomic E-state index is 0.130. The van der Waals surface area contributed by atoms with Gasteiger partial charge >= 0.3 is 0 Å². The molecule has 104 valence electrons. The van der Waals surface area contributed by atoms with E-state index in [1.54, 1.807) is 10.8 Å². The molecular weight excluding hydrogens is 242 g/mol. The predicted octanol–water partition coefficient (Wildman–Crippen LogP) is 1.68. The number of nitrogens with one attached hydrogen (secondary N) is 1. The average molecular weight is 263 g/mol. The Morgan fingerprint density at radius 1 is 1.42 bits per heavy atom. The number of aliphatic hydroxyl groups excluding tert-OH is 1. The van der Waals surface area contributed by atoms with Gasteiger partial charge in [0.2, 0.25) is 5.65 Å². The van der Waals surface area contributed by atoms with Crippen LogP contribution in [-0.2, 0) is 0 Å². The van der Waals surface area contributed by atoms with Gasteiger partial charge in [0.15, 0.2) is 0 Å². The molecule has 0 saturated heterocycles. The SMILES string of the molecule is CC(C)c1cc(NCC(C)(C)CO)c2nncn2n1. The highest BCUT2D eigenvalue weighted by molar-refractivity contribution is 5.66.